The minimum absolute atomic E-state index is 0.262. The van der Waals surface area contributed by atoms with Crippen molar-refractivity contribution in [1.82, 2.24) is 9.78 Å². The fourth-order valence-corrected chi connectivity index (χ4v) is 1.48. The van der Waals surface area contributed by atoms with Crippen LogP contribution in [0.15, 0.2) is 35.3 Å². The molecule has 1 heterocycles. The average Bonchev–Trinajstić information content (AvgIpc) is 2.60. The van der Waals surface area contributed by atoms with Crippen LogP contribution in [0, 0.1) is 6.92 Å². The number of hydrogen-bond donors (Lipinski definition) is 2. The highest BCUT2D eigenvalue weighted by Crippen LogP contribution is 2.07. The van der Waals surface area contributed by atoms with Gasteiger partial charge in [-0.3, -0.25) is 9.89 Å². The first-order chi connectivity index (χ1) is 7.59. The summed E-state index contributed by atoms with van der Waals surface area (Å²) in [5.74, 6) is -1.23. The van der Waals surface area contributed by atoms with E-state index in [1.165, 1.54) is 10.9 Å². The maximum Gasteiger partial charge on any atom is 0.342 e. The number of aryl methyl sites for hydroxylation is 1. The monoisotopic (exact) mass is 218 g/mol. The average molecular weight is 218 g/mol. The predicted molar refractivity (Wildman–Crippen MR) is 58.1 cm³/mol. The molecule has 0 spiro atoms. The molecule has 0 bridgehead atoms. The molecule has 0 amide bonds. The highest BCUT2D eigenvalue weighted by molar-refractivity contribution is 5.86. The molecule has 5 nitrogen and oxygen atoms in total. The number of nitrogens with one attached hydrogen (secondary N) is 1. The number of aromatic nitrogens is 2. The van der Waals surface area contributed by atoms with Crippen LogP contribution in [0.4, 0.5) is 0 Å². The molecule has 0 aliphatic rings. The largest absolute Gasteiger partial charge is 0.477 e. The van der Waals surface area contributed by atoms with Gasteiger partial charge in [0.05, 0.1) is 5.69 Å². The zero-order chi connectivity index (χ0) is 11.7. The zero-order valence-electron chi connectivity index (χ0n) is 8.60. The lowest BCUT2D eigenvalue weighted by Crippen LogP contribution is -2.19. The van der Waals surface area contributed by atoms with E-state index in [4.69, 9.17) is 5.11 Å². The Morgan fingerprint density at radius 3 is 2.75 bits per heavy atom. The summed E-state index contributed by atoms with van der Waals surface area (Å²) in [6.45, 7) is 1.90. The second-order valence-electron chi connectivity index (χ2n) is 3.47. The summed E-state index contributed by atoms with van der Waals surface area (Å²) in [6.07, 6.45) is 1.19. The Kier molecular flexibility index (Phi) is 2.36. The van der Waals surface area contributed by atoms with Gasteiger partial charge in [0.2, 0.25) is 0 Å². The minimum atomic E-state index is -1.23. The fourth-order valence-electron chi connectivity index (χ4n) is 1.48. The first-order valence-electron chi connectivity index (χ1n) is 4.70. The highest BCUT2D eigenvalue weighted by Gasteiger charge is 2.13. The molecule has 0 unspecified atom stereocenters. The van der Waals surface area contributed by atoms with E-state index in [0.29, 0.717) is 5.69 Å². The Morgan fingerprint density at radius 1 is 1.44 bits per heavy atom. The van der Waals surface area contributed by atoms with Gasteiger partial charge in [0, 0.05) is 6.20 Å². The van der Waals surface area contributed by atoms with Crippen LogP contribution < -0.4 is 5.56 Å². The molecule has 0 atom stereocenters. The molecule has 82 valence electrons. The van der Waals surface area contributed by atoms with Crippen LogP contribution in [-0.2, 0) is 0 Å². The lowest BCUT2D eigenvalue weighted by Gasteiger charge is -2.01. The van der Waals surface area contributed by atoms with Crippen molar-refractivity contribution in [1.29, 1.82) is 0 Å². The van der Waals surface area contributed by atoms with Crippen LogP contribution >= 0.6 is 0 Å². The Balaban J connectivity index is 2.58. The quantitative estimate of drug-likeness (QED) is 0.794. The molecule has 0 radical (unpaired) electrons. The molecule has 5 heteroatoms. The molecule has 0 saturated carbocycles. The fraction of sp³-hybridized carbons (Fsp3) is 0.0909. The molecular weight excluding hydrogens is 208 g/mol. The predicted octanol–water partition coefficient (Wildman–Crippen LogP) is 1.17. The Bertz CT molecular complexity index is 595. The third-order valence-corrected chi connectivity index (χ3v) is 2.26. The third kappa shape index (κ3) is 1.63. The van der Waals surface area contributed by atoms with Crippen molar-refractivity contribution in [2.75, 3.05) is 0 Å². The van der Waals surface area contributed by atoms with Gasteiger partial charge in [-0.25, -0.2) is 9.48 Å². The SMILES string of the molecule is Cc1cccc(-n2[nH]cc(C(=O)O)c2=O)c1. The summed E-state index contributed by atoms with van der Waals surface area (Å²) in [5, 5.41) is 11.4. The lowest BCUT2D eigenvalue weighted by molar-refractivity contribution is 0.0695. The van der Waals surface area contributed by atoms with Crippen LogP contribution in [0.2, 0.25) is 0 Å². The van der Waals surface area contributed by atoms with E-state index in [-0.39, 0.29) is 5.56 Å². The Morgan fingerprint density at radius 2 is 2.19 bits per heavy atom. The molecule has 2 rings (SSSR count). The Labute approximate surface area is 90.9 Å². The lowest BCUT2D eigenvalue weighted by atomic mass is 10.2. The normalized spacial score (nSPS) is 10.3. The van der Waals surface area contributed by atoms with Gasteiger partial charge in [-0.1, -0.05) is 12.1 Å². The summed E-state index contributed by atoms with van der Waals surface area (Å²) < 4.78 is 1.20. The number of H-pyrrole nitrogens is 1. The molecule has 1 aromatic carbocycles. The maximum absolute atomic E-state index is 11.7. The van der Waals surface area contributed by atoms with Gasteiger partial charge in [0.1, 0.15) is 5.56 Å². The van der Waals surface area contributed by atoms with Crippen molar-refractivity contribution in [2.24, 2.45) is 0 Å². The van der Waals surface area contributed by atoms with E-state index < -0.39 is 11.5 Å². The standard InChI is InChI=1S/C11H10N2O3/c1-7-3-2-4-8(5-7)13-10(14)9(6-12-13)11(15)16/h2-6,12H,1H3,(H,15,16). The van der Waals surface area contributed by atoms with E-state index in [1.54, 1.807) is 18.2 Å². The minimum Gasteiger partial charge on any atom is -0.477 e. The summed E-state index contributed by atoms with van der Waals surface area (Å²) in [5.41, 5.74) is 0.799. The van der Waals surface area contributed by atoms with Crippen LogP contribution in [0.3, 0.4) is 0 Å². The van der Waals surface area contributed by atoms with Crippen LogP contribution in [-0.4, -0.2) is 20.9 Å². The van der Waals surface area contributed by atoms with E-state index in [9.17, 15) is 9.59 Å². The van der Waals surface area contributed by atoms with Crippen LogP contribution in [0.1, 0.15) is 15.9 Å². The third-order valence-electron chi connectivity index (χ3n) is 2.26. The molecule has 16 heavy (non-hydrogen) atoms. The number of rotatable bonds is 2. The number of aromatic carboxylic acids is 1. The molecule has 0 saturated heterocycles. The summed E-state index contributed by atoms with van der Waals surface area (Å²) in [6, 6.07) is 7.23. The van der Waals surface area contributed by atoms with Crippen molar-refractivity contribution in [3.05, 3.63) is 51.9 Å². The number of aromatic amines is 1. The van der Waals surface area contributed by atoms with Crippen LogP contribution in [0.5, 0.6) is 0 Å². The van der Waals surface area contributed by atoms with Crippen molar-refractivity contribution in [2.45, 2.75) is 6.92 Å². The highest BCUT2D eigenvalue weighted by atomic mass is 16.4. The second-order valence-corrected chi connectivity index (χ2v) is 3.47. The Hall–Kier alpha value is -2.30. The van der Waals surface area contributed by atoms with Gasteiger partial charge in [-0.05, 0) is 24.6 Å². The zero-order valence-corrected chi connectivity index (χ0v) is 8.60. The van der Waals surface area contributed by atoms with E-state index in [0.717, 1.165) is 5.56 Å². The summed E-state index contributed by atoms with van der Waals surface area (Å²) in [4.78, 5) is 22.4. The topological polar surface area (TPSA) is 75.1 Å². The van der Waals surface area contributed by atoms with Crippen molar-refractivity contribution in [3.63, 3.8) is 0 Å². The second kappa shape index (κ2) is 3.69. The van der Waals surface area contributed by atoms with Gasteiger partial charge < -0.3 is 5.11 Å². The van der Waals surface area contributed by atoms with Crippen molar-refractivity contribution < 1.29 is 9.90 Å². The molecule has 1 aromatic heterocycles. The van der Waals surface area contributed by atoms with Gasteiger partial charge in [-0.15, -0.1) is 0 Å². The number of nitrogens with zero attached hydrogens (tertiary/aromatic N) is 1. The maximum atomic E-state index is 11.7. The van der Waals surface area contributed by atoms with E-state index in [2.05, 4.69) is 5.10 Å². The first kappa shape index (κ1) is 10.2. The first-order valence-corrected chi connectivity index (χ1v) is 4.70. The van der Waals surface area contributed by atoms with Crippen LogP contribution in [0.25, 0.3) is 5.69 Å². The molecule has 0 aliphatic heterocycles. The number of hydrogen-bond acceptors (Lipinski definition) is 2. The number of benzene rings is 1. The molecule has 0 aliphatic carbocycles. The van der Waals surface area contributed by atoms with E-state index >= 15 is 0 Å². The summed E-state index contributed by atoms with van der Waals surface area (Å²) in [7, 11) is 0. The molecule has 2 N–H and O–H groups in total. The molecule has 2 aromatic rings. The number of carboxylic acid groups (broad SMARTS) is 1. The van der Waals surface area contributed by atoms with Gasteiger partial charge in [0.15, 0.2) is 0 Å². The summed E-state index contributed by atoms with van der Waals surface area (Å²) >= 11 is 0. The van der Waals surface area contributed by atoms with Gasteiger partial charge in [-0.2, -0.15) is 0 Å². The van der Waals surface area contributed by atoms with Crippen molar-refractivity contribution >= 4 is 5.97 Å². The van der Waals surface area contributed by atoms with Gasteiger partial charge in [0.25, 0.3) is 5.56 Å². The number of carbonyl (C=O) groups is 1. The van der Waals surface area contributed by atoms with E-state index in [1.807, 2.05) is 13.0 Å². The van der Waals surface area contributed by atoms with Gasteiger partial charge >= 0.3 is 5.97 Å². The molecule has 0 fully saturated rings. The van der Waals surface area contributed by atoms with Crippen molar-refractivity contribution in [3.8, 4) is 5.69 Å². The number of carboxylic acids is 1. The smallest absolute Gasteiger partial charge is 0.342 e. The molecular formula is C11H10N2O3.